The quantitative estimate of drug-likeness (QED) is 0.707. The Hall–Kier alpha value is -0.930. The van der Waals surface area contributed by atoms with E-state index in [0.29, 0.717) is 5.92 Å². The van der Waals surface area contributed by atoms with Crippen LogP contribution >= 0.6 is 0 Å². The van der Waals surface area contributed by atoms with Crippen molar-refractivity contribution in [2.24, 2.45) is 5.92 Å². The Labute approximate surface area is 102 Å². The number of ether oxygens (including phenoxy) is 2. The molecule has 3 nitrogen and oxygen atoms in total. The van der Waals surface area contributed by atoms with Crippen molar-refractivity contribution in [2.45, 2.75) is 38.4 Å². The van der Waals surface area contributed by atoms with E-state index in [1.54, 1.807) is 20.3 Å². The zero-order valence-corrected chi connectivity index (χ0v) is 10.8. The smallest absolute Gasteiger partial charge is 0.256 e. The molecule has 1 atom stereocenters. The van der Waals surface area contributed by atoms with Gasteiger partial charge in [-0.05, 0) is 36.8 Å². The van der Waals surface area contributed by atoms with Gasteiger partial charge in [0, 0.05) is 19.8 Å². The van der Waals surface area contributed by atoms with Gasteiger partial charge in [-0.25, -0.2) is 0 Å². The zero-order chi connectivity index (χ0) is 12.5. The molecule has 3 heteroatoms. The molecule has 2 aliphatic carbocycles. The molecule has 0 fully saturated rings. The van der Waals surface area contributed by atoms with Crippen molar-refractivity contribution in [3.8, 4) is 0 Å². The molecule has 0 saturated heterocycles. The summed E-state index contributed by atoms with van der Waals surface area (Å²) >= 11 is 0. The largest absolute Gasteiger partial charge is 0.343 e. The fraction of sp³-hybridized carbons (Fsp3) is 0.643. The Bertz CT molecular complexity index is 375. The molecule has 17 heavy (non-hydrogen) atoms. The van der Waals surface area contributed by atoms with Crippen LogP contribution < -0.4 is 0 Å². The first-order valence-corrected chi connectivity index (χ1v) is 6.23. The van der Waals surface area contributed by atoms with Gasteiger partial charge in [0.25, 0.3) is 5.79 Å². The van der Waals surface area contributed by atoms with Crippen molar-refractivity contribution in [3.05, 3.63) is 23.3 Å². The third-order valence-electron chi connectivity index (χ3n) is 4.01. The second-order valence-corrected chi connectivity index (χ2v) is 4.74. The van der Waals surface area contributed by atoms with Crippen LogP contribution in [0, 0.1) is 5.92 Å². The normalized spacial score (nSPS) is 27.2. The number of rotatable bonds is 3. The van der Waals surface area contributed by atoms with E-state index in [2.05, 4.69) is 6.92 Å². The summed E-state index contributed by atoms with van der Waals surface area (Å²) in [6.45, 7) is 2.19. The molecule has 0 aliphatic heterocycles. The molecule has 0 spiro atoms. The van der Waals surface area contributed by atoms with E-state index in [-0.39, 0.29) is 5.78 Å². The molecule has 0 aromatic heterocycles. The number of methoxy groups -OCH3 is 2. The maximum absolute atomic E-state index is 12.1. The molecule has 0 N–H and O–H groups in total. The summed E-state index contributed by atoms with van der Waals surface area (Å²) < 4.78 is 10.8. The topological polar surface area (TPSA) is 35.5 Å². The summed E-state index contributed by atoms with van der Waals surface area (Å²) in [5, 5.41) is 0. The highest BCUT2D eigenvalue weighted by atomic mass is 16.7. The minimum Gasteiger partial charge on any atom is -0.343 e. The van der Waals surface area contributed by atoms with Gasteiger partial charge >= 0.3 is 0 Å². The molecule has 0 aromatic carbocycles. The highest BCUT2D eigenvalue weighted by molar-refractivity contribution is 6.00. The number of carbonyl (C=O) groups is 1. The van der Waals surface area contributed by atoms with Crippen LogP contribution in [0.2, 0.25) is 0 Å². The predicted molar refractivity (Wildman–Crippen MR) is 65.6 cm³/mol. The molecular weight excluding hydrogens is 216 g/mol. The maximum atomic E-state index is 12.1. The fourth-order valence-corrected chi connectivity index (χ4v) is 2.88. The van der Waals surface area contributed by atoms with Crippen LogP contribution in [0.4, 0.5) is 0 Å². The lowest BCUT2D eigenvalue weighted by Crippen LogP contribution is -2.47. The van der Waals surface area contributed by atoms with Crippen molar-refractivity contribution >= 4 is 5.78 Å². The van der Waals surface area contributed by atoms with Crippen molar-refractivity contribution in [1.82, 2.24) is 0 Å². The summed E-state index contributed by atoms with van der Waals surface area (Å²) in [5.74, 6) is -0.617. The van der Waals surface area contributed by atoms with Gasteiger partial charge in [-0.2, -0.15) is 0 Å². The fourth-order valence-electron chi connectivity index (χ4n) is 2.88. The lowest BCUT2D eigenvalue weighted by Gasteiger charge is -2.38. The average molecular weight is 236 g/mol. The van der Waals surface area contributed by atoms with Crippen LogP contribution in [-0.4, -0.2) is 25.8 Å². The van der Waals surface area contributed by atoms with Gasteiger partial charge in [0.1, 0.15) is 0 Å². The van der Waals surface area contributed by atoms with E-state index in [1.807, 2.05) is 6.08 Å². The predicted octanol–water partition coefficient (Wildman–Crippen LogP) is 2.62. The summed E-state index contributed by atoms with van der Waals surface area (Å²) in [7, 11) is 3.08. The number of hydrogen-bond donors (Lipinski definition) is 0. The molecular formula is C14H20O3. The van der Waals surface area contributed by atoms with Crippen molar-refractivity contribution < 1.29 is 14.3 Å². The van der Waals surface area contributed by atoms with Gasteiger partial charge < -0.3 is 9.47 Å². The molecule has 0 heterocycles. The Morgan fingerprint density at radius 2 is 2.06 bits per heavy atom. The highest BCUT2D eigenvalue weighted by Gasteiger charge is 2.46. The molecule has 0 bridgehead atoms. The van der Waals surface area contributed by atoms with E-state index in [1.165, 1.54) is 12.0 Å². The summed E-state index contributed by atoms with van der Waals surface area (Å²) in [4.78, 5) is 12.1. The molecule has 2 rings (SSSR count). The van der Waals surface area contributed by atoms with Crippen LogP contribution in [0.25, 0.3) is 0 Å². The molecule has 2 aliphatic rings. The second-order valence-electron chi connectivity index (χ2n) is 4.74. The molecule has 0 amide bonds. The van der Waals surface area contributed by atoms with Crippen LogP contribution in [0.5, 0.6) is 0 Å². The van der Waals surface area contributed by atoms with Crippen molar-refractivity contribution in [1.29, 1.82) is 0 Å². The van der Waals surface area contributed by atoms with Crippen LogP contribution in [0.3, 0.4) is 0 Å². The van der Waals surface area contributed by atoms with Crippen LogP contribution in [0.15, 0.2) is 23.3 Å². The van der Waals surface area contributed by atoms with Gasteiger partial charge in [-0.1, -0.05) is 19.4 Å². The summed E-state index contributed by atoms with van der Waals surface area (Å²) in [6.07, 6.45) is 7.77. The third-order valence-corrected chi connectivity index (χ3v) is 4.01. The third kappa shape index (κ3) is 1.87. The van der Waals surface area contributed by atoms with Crippen molar-refractivity contribution in [2.75, 3.05) is 14.2 Å². The van der Waals surface area contributed by atoms with E-state index in [4.69, 9.17) is 9.47 Å². The Morgan fingerprint density at radius 1 is 1.35 bits per heavy atom. The first-order chi connectivity index (χ1) is 8.17. The first kappa shape index (κ1) is 12.5. The van der Waals surface area contributed by atoms with Gasteiger partial charge in [0.15, 0.2) is 0 Å². The molecule has 94 valence electrons. The lowest BCUT2D eigenvalue weighted by molar-refractivity contribution is -0.188. The molecule has 0 aromatic rings. The minimum absolute atomic E-state index is 0.0991. The summed E-state index contributed by atoms with van der Waals surface area (Å²) in [5.41, 5.74) is 2.26. The standard InChI is InChI=1S/C14H20O3/c1-4-10-5-6-11-7-8-13(15)14(16-2,17-3)12(11)9-10/h7-8,10H,4-6,9H2,1-3H3. The molecule has 0 radical (unpaired) electrons. The van der Waals surface area contributed by atoms with E-state index in [9.17, 15) is 4.79 Å². The molecule has 0 saturated carbocycles. The number of carbonyl (C=O) groups excluding carboxylic acids is 1. The number of allylic oxidation sites excluding steroid dienone is 2. The minimum atomic E-state index is -1.15. The Balaban J connectivity index is 2.41. The number of ketones is 1. The van der Waals surface area contributed by atoms with Crippen LogP contribution in [-0.2, 0) is 14.3 Å². The monoisotopic (exact) mass is 236 g/mol. The number of hydrogen-bond acceptors (Lipinski definition) is 3. The highest BCUT2D eigenvalue weighted by Crippen LogP contribution is 2.42. The van der Waals surface area contributed by atoms with E-state index < -0.39 is 5.79 Å². The SMILES string of the molecule is CCC1CCC2=C(C1)C(OC)(OC)C(=O)C=C2. The lowest BCUT2D eigenvalue weighted by atomic mass is 9.76. The average Bonchev–Trinajstić information content (AvgIpc) is 2.38. The van der Waals surface area contributed by atoms with E-state index in [0.717, 1.165) is 24.8 Å². The Morgan fingerprint density at radius 3 is 2.65 bits per heavy atom. The first-order valence-electron chi connectivity index (χ1n) is 6.23. The van der Waals surface area contributed by atoms with Gasteiger partial charge in [-0.15, -0.1) is 0 Å². The maximum Gasteiger partial charge on any atom is 0.256 e. The summed E-state index contributed by atoms with van der Waals surface area (Å²) in [6, 6.07) is 0. The Kier molecular flexibility index (Phi) is 3.50. The van der Waals surface area contributed by atoms with Gasteiger partial charge in [0.05, 0.1) is 0 Å². The van der Waals surface area contributed by atoms with Crippen molar-refractivity contribution in [3.63, 3.8) is 0 Å². The molecule has 1 unspecified atom stereocenters. The van der Waals surface area contributed by atoms with Gasteiger partial charge in [0.2, 0.25) is 5.78 Å². The van der Waals surface area contributed by atoms with E-state index >= 15 is 0 Å². The zero-order valence-electron chi connectivity index (χ0n) is 10.8. The second kappa shape index (κ2) is 4.75. The van der Waals surface area contributed by atoms with Crippen LogP contribution in [0.1, 0.15) is 32.6 Å². The van der Waals surface area contributed by atoms with Gasteiger partial charge in [-0.3, -0.25) is 4.79 Å².